The van der Waals surface area contributed by atoms with E-state index in [1.807, 2.05) is 0 Å². The SMILES string of the molecule is COC(=O)C1=C(C(=O)OC)N(c2ccc3nc(SCC(=O)O)sc3c2)COC1. The number of rotatable bonds is 6. The topological polar surface area (TPSA) is 115 Å². The Morgan fingerprint density at radius 3 is 2.71 bits per heavy atom. The summed E-state index contributed by atoms with van der Waals surface area (Å²) in [6.45, 7) is -0.0117. The van der Waals surface area contributed by atoms with Crippen LogP contribution < -0.4 is 4.90 Å². The first-order valence-corrected chi connectivity index (χ1v) is 9.75. The number of fused-ring (bicyclic) bond motifs is 1. The molecule has 0 aliphatic carbocycles. The Kier molecular flexibility index (Phi) is 6.17. The second kappa shape index (κ2) is 8.59. The first-order chi connectivity index (χ1) is 13.4. The highest BCUT2D eigenvalue weighted by atomic mass is 32.2. The monoisotopic (exact) mass is 424 g/mol. The Hall–Kier alpha value is -2.63. The van der Waals surface area contributed by atoms with Gasteiger partial charge in [0, 0.05) is 5.69 Å². The molecule has 0 unspecified atom stereocenters. The molecule has 0 fully saturated rings. The Bertz CT molecular complexity index is 970. The molecule has 1 aromatic heterocycles. The molecule has 3 rings (SSSR count). The van der Waals surface area contributed by atoms with Crippen molar-refractivity contribution in [3.05, 3.63) is 29.5 Å². The van der Waals surface area contributed by atoms with Crippen molar-refractivity contribution in [1.29, 1.82) is 0 Å². The van der Waals surface area contributed by atoms with Crippen molar-refractivity contribution in [3.8, 4) is 0 Å². The van der Waals surface area contributed by atoms with Gasteiger partial charge in [-0.3, -0.25) is 4.79 Å². The van der Waals surface area contributed by atoms with Gasteiger partial charge in [0.25, 0.3) is 0 Å². The summed E-state index contributed by atoms with van der Waals surface area (Å²) >= 11 is 2.48. The summed E-state index contributed by atoms with van der Waals surface area (Å²) in [5, 5.41) is 8.81. The molecule has 2 aromatic rings. The minimum atomic E-state index is -0.918. The third-order valence-corrected chi connectivity index (χ3v) is 5.96. The molecule has 9 nitrogen and oxygen atoms in total. The molecule has 0 amide bonds. The second-order valence-electron chi connectivity index (χ2n) is 5.53. The minimum absolute atomic E-state index is 0.0514. The van der Waals surface area contributed by atoms with Crippen molar-refractivity contribution in [2.45, 2.75) is 4.34 Å². The molecule has 148 valence electrons. The fourth-order valence-electron chi connectivity index (χ4n) is 2.59. The average Bonchev–Trinajstić information content (AvgIpc) is 3.12. The number of nitrogens with zero attached hydrogens (tertiary/aromatic N) is 2. The molecule has 0 radical (unpaired) electrons. The van der Waals surface area contributed by atoms with Crippen LogP contribution in [0.25, 0.3) is 10.2 Å². The normalized spacial score (nSPS) is 14.3. The summed E-state index contributed by atoms with van der Waals surface area (Å²) in [7, 11) is 2.46. The lowest BCUT2D eigenvalue weighted by atomic mass is 10.1. The third-order valence-electron chi connectivity index (χ3n) is 3.82. The van der Waals surface area contributed by atoms with Gasteiger partial charge in [-0.2, -0.15) is 0 Å². The number of carboxylic acids is 1. The van der Waals surface area contributed by atoms with Gasteiger partial charge in [0.15, 0.2) is 4.34 Å². The number of benzene rings is 1. The summed E-state index contributed by atoms with van der Waals surface area (Å²) in [6, 6.07) is 5.29. The lowest BCUT2D eigenvalue weighted by Crippen LogP contribution is -2.38. The maximum atomic E-state index is 12.3. The van der Waals surface area contributed by atoms with E-state index in [4.69, 9.17) is 19.3 Å². The van der Waals surface area contributed by atoms with Crippen LogP contribution in [0.1, 0.15) is 0 Å². The van der Waals surface area contributed by atoms with E-state index < -0.39 is 17.9 Å². The molecule has 1 aliphatic heterocycles. The van der Waals surface area contributed by atoms with Gasteiger partial charge in [-0.1, -0.05) is 11.8 Å². The number of hydrogen-bond donors (Lipinski definition) is 1. The second-order valence-corrected chi connectivity index (χ2v) is 7.78. The molecule has 2 heterocycles. The van der Waals surface area contributed by atoms with E-state index in [2.05, 4.69) is 4.98 Å². The largest absolute Gasteiger partial charge is 0.481 e. The number of esters is 2. The van der Waals surface area contributed by atoms with Crippen molar-refractivity contribution in [3.63, 3.8) is 0 Å². The standard InChI is InChI=1S/C17H16N2O7S2/c1-24-15(22)10-6-26-8-19(14(10)16(23)25-2)9-3-4-11-12(5-9)28-17(18-11)27-7-13(20)21/h3-5H,6-8H2,1-2H3,(H,20,21). The first-order valence-electron chi connectivity index (χ1n) is 7.94. The van der Waals surface area contributed by atoms with Crippen molar-refractivity contribution < 1.29 is 33.7 Å². The van der Waals surface area contributed by atoms with Gasteiger partial charge in [0.05, 0.1) is 42.4 Å². The van der Waals surface area contributed by atoms with Gasteiger partial charge in [-0.05, 0) is 18.2 Å². The summed E-state index contributed by atoms with van der Waals surface area (Å²) < 4.78 is 16.5. The molecule has 1 aliphatic rings. The van der Waals surface area contributed by atoms with E-state index >= 15 is 0 Å². The van der Waals surface area contributed by atoms with Crippen molar-refractivity contribution in [2.75, 3.05) is 38.2 Å². The van der Waals surface area contributed by atoms with Crippen molar-refractivity contribution in [1.82, 2.24) is 4.98 Å². The Morgan fingerprint density at radius 2 is 2.04 bits per heavy atom. The number of hydrogen-bond acceptors (Lipinski definition) is 10. The molecule has 0 spiro atoms. The molecule has 28 heavy (non-hydrogen) atoms. The highest BCUT2D eigenvalue weighted by molar-refractivity contribution is 8.01. The molecular formula is C17H16N2O7S2. The fraction of sp³-hybridized carbons (Fsp3) is 0.294. The van der Waals surface area contributed by atoms with Crippen LogP contribution in [0.15, 0.2) is 33.8 Å². The zero-order valence-electron chi connectivity index (χ0n) is 15.0. The Morgan fingerprint density at radius 1 is 1.29 bits per heavy atom. The zero-order valence-corrected chi connectivity index (χ0v) is 16.6. The van der Waals surface area contributed by atoms with Gasteiger partial charge in [-0.15, -0.1) is 11.3 Å². The van der Waals surface area contributed by atoms with Gasteiger partial charge >= 0.3 is 17.9 Å². The zero-order chi connectivity index (χ0) is 20.3. The van der Waals surface area contributed by atoms with Gasteiger partial charge in [0.1, 0.15) is 12.4 Å². The highest BCUT2D eigenvalue weighted by Crippen LogP contribution is 2.34. The molecule has 0 saturated heterocycles. The Labute approximate surface area is 167 Å². The van der Waals surface area contributed by atoms with Crippen LogP contribution in [0, 0.1) is 0 Å². The number of methoxy groups -OCH3 is 2. The van der Waals surface area contributed by atoms with Crippen molar-refractivity contribution in [2.24, 2.45) is 0 Å². The van der Waals surface area contributed by atoms with Gasteiger partial charge in [0.2, 0.25) is 0 Å². The van der Waals surface area contributed by atoms with Crippen molar-refractivity contribution >= 4 is 56.9 Å². The average molecular weight is 424 g/mol. The molecule has 0 atom stereocenters. The number of carbonyl (C=O) groups excluding carboxylic acids is 2. The fourth-order valence-corrected chi connectivity index (χ4v) is 4.41. The van der Waals surface area contributed by atoms with Gasteiger partial charge < -0.3 is 24.2 Å². The van der Waals surface area contributed by atoms with Crippen LogP contribution in [0.3, 0.4) is 0 Å². The van der Waals surface area contributed by atoms with Crippen LogP contribution in [-0.4, -0.2) is 61.3 Å². The van der Waals surface area contributed by atoms with E-state index in [1.54, 1.807) is 18.2 Å². The Balaban J connectivity index is 2.00. The number of aromatic nitrogens is 1. The van der Waals surface area contributed by atoms with E-state index in [0.717, 1.165) is 16.5 Å². The van der Waals surface area contributed by atoms with E-state index in [1.165, 1.54) is 30.5 Å². The molecule has 1 N–H and O–H groups in total. The van der Waals surface area contributed by atoms with Gasteiger partial charge in [-0.25, -0.2) is 14.6 Å². The van der Waals surface area contributed by atoms with E-state index in [9.17, 15) is 14.4 Å². The number of carbonyl (C=O) groups is 3. The van der Waals surface area contributed by atoms with Crippen LogP contribution in [-0.2, 0) is 28.6 Å². The number of thiazole rings is 1. The number of carboxylic acid groups (broad SMARTS) is 1. The van der Waals surface area contributed by atoms with Crippen LogP contribution in [0.5, 0.6) is 0 Å². The quantitative estimate of drug-likeness (QED) is 0.544. The lowest BCUT2D eigenvalue weighted by molar-refractivity contribution is -0.140. The molecular weight excluding hydrogens is 408 g/mol. The van der Waals surface area contributed by atoms with E-state index in [0.29, 0.717) is 15.5 Å². The van der Waals surface area contributed by atoms with Crippen LogP contribution in [0.4, 0.5) is 5.69 Å². The smallest absolute Gasteiger partial charge is 0.355 e. The molecule has 0 bridgehead atoms. The highest BCUT2D eigenvalue weighted by Gasteiger charge is 2.32. The first kappa shape index (κ1) is 20.1. The molecule has 11 heteroatoms. The van der Waals surface area contributed by atoms with E-state index in [-0.39, 0.29) is 30.4 Å². The predicted molar refractivity (Wildman–Crippen MR) is 102 cm³/mol. The third kappa shape index (κ3) is 4.11. The number of aliphatic carboxylic acids is 1. The van der Waals surface area contributed by atoms with Crippen LogP contribution >= 0.6 is 23.1 Å². The predicted octanol–water partition coefficient (Wildman–Crippen LogP) is 1.87. The maximum absolute atomic E-state index is 12.3. The maximum Gasteiger partial charge on any atom is 0.355 e. The summed E-state index contributed by atoms with van der Waals surface area (Å²) in [5.74, 6) is -2.34. The minimum Gasteiger partial charge on any atom is -0.481 e. The summed E-state index contributed by atoms with van der Waals surface area (Å²) in [5.41, 5.74) is 1.44. The van der Waals surface area contributed by atoms with Crippen LogP contribution in [0.2, 0.25) is 0 Å². The molecule has 1 aromatic carbocycles. The summed E-state index contributed by atoms with van der Waals surface area (Å²) in [6.07, 6.45) is 0. The lowest BCUT2D eigenvalue weighted by Gasteiger charge is -2.31. The number of anilines is 1. The number of thioether (sulfide) groups is 1. The summed E-state index contributed by atoms with van der Waals surface area (Å²) in [4.78, 5) is 41.1. The molecule has 0 saturated carbocycles. The number of ether oxygens (including phenoxy) is 3.